The predicted molar refractivity (Wildman–Crippen MR) is 82.7 cm³/mol. The number of rotatable bonds is 9. The van der Waals surface area contributed by atoms with E-state index in [-0.39, 0.29) is 26.4 Å². The molecule has 0 spiro atoms. The highest BCUT2D eigenvalue weighted by molar-refractivity contribution is 6.16. The number of hydrogen-bond donors (Lipinski definition) is 0. The third-order valence-corrected chi connectivity index (χ3v) is 2.40. The maximum atomic E-state index is 11.8. The van der Waals surface area contributed by atoms with Gasteiger partial charge in [0, 0.05) is 0 Å². The zero-order valence-electron chi connectivity index (χ0n) is 14.2. The fourth-order valence-corrected chi connectivity index (χ4v) is 1.44. The van der Waals surface area contributed by atoms with E-state index in [1.54, 1.807) is 27.7 Å². The van der Waals surface area contributed by atoms with Crippen LogP contribution in [0.3, 0.4) is 0 Å². The Morgan fingerprint density at radius 3 is 0.917 bits per heavy atom. The number of carbonyl (C=O) groups excluding carboxylic acids is 4. The molecule has 0 aliphatic rings. The van der Waals surface area contributed by atoms with Crippen LogP contribution in [0.5, 0.6) is 0 Å². The lowest BCUT2D eigenvalue weighted by Gasteiger charge is -2.07. The van der Waals surface area contributed by atoms with E-state index < -0.39 is 35.0 Å². The Kier molecular flexibility index (Phi) is 10.6. The van der Waals surface area contributed by atoms with Crippen molar-refractivity contribution in [1.82, 2.24) is 0 Å². The largest absolute Gasteiger partial charge is 0.462 e. The van der Waals surface area contributed by atoms with Gasteiger partial charge in [-0.3, -0.25) is 0 Å². The van der Waals surface area contributed by atoms with Crippen LogP contribution in [0.25, 0.3) is 0 Å². The number of hydrogen-bond acceptors (Lipinski definition) is 8. The molecule has 0 aromatic carbocycles. The molecule has 0 radical (unpaired) electrons. The van der Waals surface area contributed by atoms with E-state index in [9.17, 15) is 19.2 Å². The molecule has 24 heavy (non-hydrogen) atoms. The minimum atomic E-state index is -0.931. The van der Waals surface area contributed by atoms with Gasteiger partial charge >= 0.3 is 23.9 Å². The van der Waals surface area contributed by atoms with Crippen LogP contribution < -0.4 is 0 Å². The Balaban J connectivity index is 5.74. The summed E-state index contributed by atoms with van der Waals surface area (Å²) in [5, 5.41) is 0. The summed E-state index contributed by atoms with van der Waals surface area (Å²) in [6.45, 7) is 6.45. The van der Waals surface area contributed by atoms with E-state index in [0.29, 0.717) is 0 Å². The third-order valence-electron chi connectivity index (χ3n) is 2.40. The van der Waals surface area contributed by atoms with Crippen molar-refractivity contribution < 1.29 is 38.1 Å². The molecule has 0 aromatic rings. The van der Waals surface area contributed by atoms with E-state index in [2.05, 4.69) is 0 Å². The topological polar surface area (TPSA) is 105 Å². The first-order chi connectivity index (χ1) is 11.4. The zero-order chi connectivity index (χ0) is 18.5. The summed E-state index contributed by atoms with van der Waals surface area (Å²) in [5.41, 5.74) is -0.908. The zero-order valence-corrected chi connectivity index (χ0v) is 14.2. The van der Waals surface area contributed by atoms with Gasteiger partial charge in [0.25, 0.3) is 0 Å². The normalized spacial score (nSPS) is 9.33. The van der Waals surface area contributed by atoms with Crippen molar-refractivity contribution >= 4 is 23.9 Å². The molecule has 0 aliphatic heterocycles. The first-order valence-corrected chi connectivity index (χ1v) is 7.53. The Bertz CT molecular complexity index is 442. The highest BCUT2D eigenvalue weighted by Crippen LogP contribution is 2.08. The maximum Gasteiger partial charge on any atom is 0.345 e. The second kappa shape index (κ2) is 11.9. The van der Waals surface area contributed by atoms with Crippen LogP contribution >= 0.6 is 0 Å². The molecule has 8 nitrogen and oxygen atoms in total. The molecule has 0 aliphatic carbocycles. The SMILES string of the molecule is CCOC(=O)C(=CC=C(C(=O)OCC)C(=O)OCC)C(=O)OCC. The molecule has 8 heteroatoms. The minimum Gasteiger partial charge on any atom is -0.462 e. The molecule has 0 heterocycles. The molecule has 0 saturated carbocycles. The molecular weight excluding hydrogens is 320 g/mol. The first kappa shape index (κ1) is 21.4. The smallest absolute Gasteiger partial charge is 0.345 e. The summed E-state index contributed by atoms with van der Waals surface area (Å²) in [4.78, 5) is 47.2. The number of ether oxygens (including phenoxy) is 4. The van der Waals surface area contributed by atoms with Gasteiger partial charge in [-0.05, 0) is 39.8 Å². The minimum absolute atomic E-state index is 0.0436. The van der Waals surface area contributed by atoms with Gasteiger partial charge in [-0.15, -0.1) is 0 Å². The lowest BCUT2D eigenvalue weighted by molar-refractivity contribution is -0.148. The van der Waals surface area contributed by atoms with E-state index in [1.807, 2.05) is 0 Å². The fourth-order valence-electron chi connectivity index (χ4n) is 1.44. The summed E-state index contributed by atoms with van der Waals surface area (Å²) in [5.74, 6) is -3.72. The van der Waals surface area contributed by atoms with Crippen LogP contribution in [-0.4, -0.2) is 50.3 Å². The van der Waals surface area contributed by atoms with Crippen LogP contribution in [0.15, 0.2) is 23.3 Å². The highest BCUT2D eigenvalue weighted by atomic mass is 16.6. The summed E-state index contributed by atoms with van der Waals surface area (Å²) in [6, 6.07) is 0. The second-order valence-corrected chi connectivity index (χ2v) is 4.04. The van der Waals surface area contributed by atoms with E-state index in [0.717, 1.165) is 12.2 Å². The van der Waals surface area contributed by atoms with Crippen LogP contribution in [-0.2, 0) is 38.1 Å². The quantitative estimate of drug-likeness (QED) is 0.153. The van der Waals surface area contributed by atoms with Crippen molar-refractivity contribution in [2.75, 3.05) is 26.4 Å². The molecule has 0 amide bonds. The van der Waals surface area contributed by atoms with Gasteiger partial charge in [0.05, 0.1) is 26.4 Å². The third kappa shape index (κ3) is 7.08. The van der Waals surface area contributed by atoms with Gasteiger partial charge in [0.1, 0.15) is 11.1 Å². The first-order valence-electron chi connectivity index (χ1n) is 7.53. The number of esters is 4. The van der Waals surface area contributed by atoms with Gasteiger partial charge in [-0.25, -0.2) is 19.2 Å². The molecule has 0 N–H and O–H groups in total. The number of carbonyl (C=O) groups is 4. The average Bonchev–Trinajstić information content (AvgIpc) is 2.52. The monoisotopic (exact) mass is 342 g/mol. The van der Waals surface area contributed by atoms with Crippen molar-refractivity contribution in [2.24, 2.45) is 0 Å². The second-order valence-electron chi connectivity index (χ2n) is 4.04. The Hall–Kier alpha value is -2.64. The predicted octanol–water partition coefficient (Wildman–Crippen LogP) is 1.09. The van der Waals surface area contributed by atoms with Crippen LogP contribution in [0.4, 0.5) is 0 Å². The van der Waals surface area contributed by atoms with Crippen LogP contribution in [0.1, 0.15) is 27.7 Å². The van der Waals surface area contributed by atoms with Crippen molar-refractivity contribution in [3.05, 3.63) is 23.3 Å². The van der Waals surface area contributed by atoms with Gasteiger partial charge in [0.2, 0.25) is 0 Å². The average molecular weight is 342 g/mol. The molecule has 0 saturated heterocycles. The van der Waals surface area contributed by atoms with Crippen molar-refractivity contribution in [1.29, 1.82) is 0 Å². The van der Waals surface area contributed by atoms with Gasteiger partial charge in [0.15, 0.2) is 0 Å². The molecular formula is C16H22O8. The van der Waals surface area contributed by atoms with E-state index >= 15 is 0 Å². The molecule has 0 fully saturated rings. The van der Waals surface area contributed by atoms with E-state index in [4.69, 9.17) is 18.9 Å². The molecule has 134 valence electrons. The van der Waals surface area contributed by atoms with Gasteiger partial charge in [-0.2, -0.15) is 0 Å². The molecule has 0 aromatic heterocycles. The van der Waals surface area contributed by atoms with Gasteiger partial charge in [-0.1, -0.05) is 0 Å². The van der Waals surface area contributed by atoms with Gasteiger partial charge < -0.3 is 18.9 Å². The Morgan fingerprint density at radius 1 is 0.542 bits per heavy atom. The van der Waals surface area contributed by atoms with Crippen LogP contribution in [0.2, 0.25) is 0 Å². The Labute approximate surface area is 140 Å². The number of allylic oxidation sites excluding steroid dienone is 2. The van der Waals surface area contributed by atoms with Crippen molar-refractivity contribution in [3.63, 3.8) is 0 Å². The lowest BCUT2D eigenvalue weighted by Crippen LogP contribution is -2.20. The fraction of sp³-hybridized carbons (Fsp3) is 0.500. The summed E-state index contributed by atoms with van der Waals surface area (Å²) >= 11 is 0. The Morgan fingerprint density at radius 2 is 0.750 bits per heavy atom. The highest BCUT2D eigenvalue weighted by Gasteiger charge is 2.23. The standard InChI is InChI=1S/C16H22O8/c1-5-21-13(17)11(14(18)22-6-2)9-10-12(15(19)23-7-3)16(20)24-8-4/h9-10H,5-8H2,1-4H3. The molecule has 0 unspecified atom stereocenters. The molecule has 0 bridgehead atoms. The van der Waals surface area contributed by atoms with E-state index in [1.165, 1.54) is 0 Å². The summed E-state index contributed by atoms with van der Waals surface area (Å²) < 4.78 is 19.0. The molecule has 0 atom stereocenters. The lowest BCUT2D eigenvalue weighted by atomic mass is 10.2. The van der Waals surface area contributed by atoms with Crippen LogP contribution in [0, 0.1) is 0 Å². The summed E-state index contributed by atoms with van der Waals surface area (Å²) in [6.07, 6.45) is 1.94. The molecule has 0 rings (SSSR count). The van der Waals surface area contributed by atoms with Crippen molar-refractivity contribution in [2.45, 2.75) is 27.7 Å². The summed E-state index contributed by atoms with van der Waals surface area (Å²) in [7, 11) is 0. The van der Waals surface area contributed by atoms with Crippen molar-refractivity contribution in [3.8, 4) is 0 Å². The maximum absolute atomic E-state index is 11.8.